The number of benzene rings is 1. The summed E-state index contributed by atoms with van der Waals surface area (Å²) in [4.78, 5) is 0. The number of methoxy groups -OCH3 is 2. The molecular weight excluding hydrogens is 283 g/mol. The van der Waals surface area contributed by atoms with Crippen molar-refractivity contribution in [3.8, 4) is 11.5 Å². The maximum absolute atomic E-state index is 12.8. The smallest absolute Gasteiger partial charge is 0.391 e. The Balaban J connectivity index is 2.26. The van der Waals surface area contributed by atoms with Crippen LogP contribution in [-0.4, -0.2) is 20.4 Å². The molecule has 1 aromatic carbocycles. The van der Waals surface area contributed by atoms with Crippen molar-refractivity contribution < 1.29 is 22.6 Å². The molecule has 1 fully saturated rings. The van der Waals surface area contributed by atoms with Gasteiger partial charge in [-0.25, -0.2) is 0 Å². The summed E-state index contributed by atoms with van der Waals surface area (Å²) in [5.41, 5.74) is 6.29. The topological polar surface area (TPSA) is 44.5 Å². The molecule has 0 unspecified atom stereocenters. The van der Waals surface area contributed by atoms with Crippen LogP contribution in [0.3, 0.4) is 0 Å². The normalized spacial score (nSPS) is 26.5. The molecule has 1 aliphatic carbocycles. The first-order valence-electron chi connectivity index (χ1n) is 6.88. The first kappa shape index (κ1) is 15.9. The van der Waals surface area contributed by atoms with Crippen LogP contribution in [-0.2, 0) is 5.54 Å². The molecule has 0 saturated heterocycles. The summed E-state index contributed by atoms with van der Waals surface area (Å²) in [5, 5.41) is 0. The molecule has 0 atom stereocenters. The Hall–Kier alpha value is -1.43. The molecule has 0 aromatic heterocycles. The number of rotatable bonds is 3. The second-order valence-electron chi connectivity index (χ2n) is 5.54. The maximum Gasteiger partial charge on any atom is 0.391 e. The summed E-state index contributed by atoms with van der Waals surface area (Å²) in [5.74, 6) is -0.0527. The molecule has 118 valence electrons. The molecular formula is C15H20F3NO2. The molecule has 0 radical (unpaired) electrons. The van der Waals surface area contributed by atoms with E-state index in [-0.39, 0.29) is 25.7 Å². The van der Waals surface area contributed by atoms with E-state index in [9.17, 15) is 13.2 Å². The lowest BCUT2D eigenvalue weighted by Crippen LogP contribution is -2.43. The monoisotopic (exact) mass is 303 g/mol. The lowest BCUT2D eigenvalue weighted by Gasteiger charge is -2.38. The van der Waals surface area contributed by atoms with Crippen molar-refractivity contribution in [2.24, 2.45) is 11.7 Å². The van der Waals surface area contributed by atoms with E-state index in [0.29, 0.717) is 17.1 Å². The highest BCUT2D eigenvalue weighted by Crippen LogP contribution is 2.46. The van der Waals surface area contributed by atoms with Crippen molar-refractivity contribution in [1.29, 1.82) is 0 Å². The highest BCUT2D eigenvalue weighted by atomic mass is 19.4. The maximum atomic E-state index is 12.8. The number of hydrogen-bond acceptors (Lipinski definition) is 3. The Morgan fingerprint density at radius 1 is 1.14 bits per heavy atom. The van der Waals surface area contributed by atoms with Gasteiger partial charge in [0.25, 0.3) is 0 Å². The Labute approximate surface area is 122 Å². The van der Waals surface area contributed by atoms with E-state index in [1.54, 1.807) is 18.2 Å². The van der Waals surface area contributed by atoms with Gasteiger partial charge in [-0.05, 0) is 43.9 Å². The lowest BCUT2D eigenvalue weighted by molar-refractivity contribution is -0.184. The largest absolute Gasteiger partial charge is 0.497 e. The molecule has 0 amide bonds. The summed E-state index contributed by atoms with van der Waals surface area (Å²) < 4.78 is 48.8. The molecule has 6 heteroatoms. The van der Waals surface area contributed by atoms with Crippen LogP contribution in [0.25, 0.3) is 0 Å². The minimum Gasteiger partial charge on any atom is -0.497 e. The minimum absolute atomic E-state index is 0.0420. The summed E-state index contributed by atoms with van der Waals surface area (Å²) in [6.07, 6.45) is -3.50. The number of alkyl halides is 3. The highest BCUT2D eigenvalue weighted by Gasteiger charge is 2.45. The molecule has 0 aliphatic heterocycles. The predicted octanol–water partition coefficient (Wildman–Crippen LogP) is 3.61. The van der Waals surface area contributed by atoms with Crippen LogP contribution >= 0.6 is 0 Å². The van der Waals surface area contributed by atoms with E-state index in [0.717, 1.165) is 0 Å². The average molecular weight is 303 g/mol. The minimum atomic E-state index is -4.14. The second-order valence-corrected chi connectivity index (χ2v) is 5.54. The third-order valence-corrected chi connectivity index (χ3v) is 4.28. The molecule has 1 aromatic rings. The van der Waals surface area contributed by atoms with Crippen LogP contribution in [0.5, 0.6) is 11.5 Å². The quantitative estimate of drug-likeness (QED) is 0.927. The molecule has 0 heterocycles. The van der Waals surface area contributed by atoms with Crippen LogP contribution < -0.4 is 15.2 Å². The van der Waals surface area contributed by atoms with Gasteiger partial charge in [-0.15, -0.1) is 0 Å². The molecule has 2 rings (SSSR count). The third kappa shape index (κ3) is 3.26. The van der Waals surface area contributed by atoms with E-state index >= 15 is 0 Å². The number of hydrogen-bond donors (Lipinski definition) is 1. The van der Waals surface area contributed by atoms with Crippen LogP contribution in [0.15, 0.2) is 18.2 Å². The molecule has 0 bridgehead atoms. The molecule has 21 heavy (non-hydrogen) atoms. The van der Waals surface area contributed by atoms with E-state index in [4.69, 9.17) is 15.2 Å². The third-order valence-electron chi connectivity index (χ3n) is 4.28. The lowest BCUT2D eigenvalue weighted by atomic mass is 9.73. The average Bonchev–Trinajstić information content (AvgIpc) is 2.46. The molecule has 1 saturated carbocycles. The standard InChI is InChI=1S/C15H20F3NO2/c1-20-11-3-4-13(21-2)12(9-11)14(19)7-5-10(6-8-14)15(16,17)18/h3-4,9-10H,5-8,19H2,1-2H3. The summed E-state index contributed by atoms with van der Waals surface area (Å²) in [7, 11) is 3.06. The Morgan fingerprint density at radius 3 is 2.24 bits per heavy atom. The van der Waals surface area contributed by atoms with Gasteiger partial charge in [0.1, 0.15) is 11.5 Å². The van der Waals surface area contributed by atoms with E-state index < -0.39 is 17.6 Å². The van der Waals surface area contributed by atoms with E-state index in [1.165, 1.54) is 14.2 Å². The molecule has 1 aliphatic rings. The van der Waals surface area contributed by atoms with Crippen molar-refractivity contribution in [2.45, 2.75) is 37.4 Å². The molecule has 0 spiro atoms. The fourth-order valence-electron chi connectivity index (χ4n) is 2.93. The summed E-state index contributed by atoms with van der Waals surface area (Å²) in [6, 6.07) is 5.23. The zero-order chi connectivity index (χ0) is 15.7. The van der Waals surface area contributed by atoms with Gasteiger partial charge in [0.2, 0.25) is 0 Å². The first-order valence-corrected chi connectivity index (χ1v) is 6.88. The van der Waals surface area contributed by atoms with Gasteiger partial charge in [0, 0.05) is 11.1 Å². The van der Waals surface area contributed by atoms with Crippen molar-refractivity contribution >= 4 is 0 Å². The molecule has 2 N–H and O–H groups in total. The van der Waals surface area contributed by atoms with Gasteiger partial charge in [-0.1, -0.05) is 0 Å². The SMILES string of the molecule is COc1ccc(OC)c(C2(N)CCC(C(F)(F)F)CC2)c1. The highest BCUT2D eigenvalue weighted by molar-refractivity contribution is 5.44. The number of nitrogens with two attached hydrogens (primary N) is 1. The Morgan fingerprint density at radius 2 is 1.76 bits per heavy atom. The van der Waals surface area contributed by atoms with Crippen molar-refractivity contribution in [2.75, 3.05) is 14.2 Å². The van der Waals surface area contributed by atoms with Gasteiger partial charge >= 0.3 is 6.18 Å². The number of halogens is 3. The fraction of sp³-hybridized carbons (Fsp3) is 0.600. The van der Waals surface area contributed by atoms with Crippen LogP contribution in [0, 0.1) is 5.92 Å². The second kappa shape index (κ2) is 5.75. The van der Waals surface area contributed by atoms with Crippen LogP contribution in [0.4, 0.5) is 13.2 Å². The van der Waals surface area contributed by atoms with Crippen LogP contribution in [0.2, 0.25) is 0 Å². The van der Waals surface area contributed by atoms with Crippen LogP contribution in [0.1, 0.15) is 31.2 Å². The predicted molar refractivity (Wildman–Crippen MR) is 73.4 cm³/mol. The van der Waals surface area contributed by atoms with Crippen molar-refractivity contribution in [3.05, 3.63) is 23.8 Å². The van der Waals surface area contributed by atoms with Gasteiger partial charge in [0.05, 0.1) is 20.1 Å². The van der Waals surface area contributed by atoms with E-state index in [1.807, 2.05) is 0 Å². The molecule has 3 nitrogen and oxygen atoms in total. The van der Waals surface area contributed by atoms with Crippen molar-refractivity contribution in [1.82, 2.24) is 0 Å². The van der Waals surface area contributed by atoms with Gasteiger partial charge in [0.15, 0.2) is 0 Å². The number of ether oxygens (including phenoxy) is 2. The van der Waals surface area contributed by atoms with E-state index in [2.05, 4.69) is 0 Å². The summed E-state index contributed by atoms with van der Waals surface area (Å²) >= 11 is 0. The zero-order valence-corrected chi connectivity index (χ0v) is 12.2. The Bertz CT molecular complexity index is 494. The fourth-order valence-corrected chi connectivity index (χ4v) is 2.93. The van der Waals surface area contributed by atoms with Gasteiger partial charge < -0.3 is 15.2 Å². The van der Waals surface area contributed by atoms with Crippen molar-refractivity contribution in [3.63, 3.8) is 0 Å². The summed E-state index contributed by atoms with van der Waals surface area (Å²) in [6.45, 7) is 0. The Kier molecular flexibility index (Phi) is 4.37. The first-order chi connectivity index (χ1) is 9.80. The van der Waals surface area contributed by atoms with Gasteiger partial charge in [-0.3, -0.25) is 0 Å². The zero-order valence-electron chi connectivity index (χ0n) is 12.2. The van der Waals surface area contributed by atoms with Gasteiger partial charge in [-0.2, -0.15) is 13.2 Å².